The van der Waals surface area contributed by atoms with E-state index in [4.69, 9.17) is 11.6 Å². The van der Waals surface area contributed by atoms with Crippen LogP contribution in [0.2, 0.25) is 0 Å². The molecular weight excluding hydrogens is 316 g/mol. The fourth-order valence-electron chi connectivity index (χ4n) is 3.85. The number of rotatable bonds is 3. The van der Waals surface area contributed by atoms with Gasteiger partial charge in [0.05, 0.1) is 35.6 Å². The minimum Gasteiger partial charge on any atom is -0.393 e. The number of likely N-dealkylation sites (tertiary alicyclic amines) is 1. The molecule has 2 heterocycles. The second-order valence-corrected chi connectivity index (χ2v) is 9.24. The van der Waals surface area contributed by atoms with E-state index in [0.29, 0.717) is 5.92 Å². The van der Waals surface area contributed by atoms with Crippen LogP contribution in [0.3, 0.4) is 0 Å². The van der Waals surface area contributed by atoms with Crippen molar-refractivity contribution in [3.8, 4) is 0 Å². The quantitative estimate of drug-likeness (QED) is 0.660. The standard InChI is InChI=1S/C13H21ClN2O4S/c14-10-6-21(19,20)7-11(10)15-13(18)5-16-3-8-1-2-12(17)9(8)4-16/h8-12,17H,1-7H2,(H,15,18). The Morgan fingerprint density at radius 3 is 2.67 bits per heavy atom. The van der Waals surface area contributed by atoms with Crippen molar-refractivity contribution in [1.29, 1.82) is 0 Å². The van der Waals surface area contributed by atoms with Crippen LogP contribution in [0.15, 0.2) is 0 Å². The molecule has 120 valence electrons. The zero-order chi connectivity index (χ0) is 15.2. The first-order chi connectivity index (χ1) is 9.84. The number of halogens is 1. The van der Waals surface area contributed by atoms with Gasteiger partial charge >= 0.3 is 0 Å². The minimum absolute atomic E-state index is 0.0699. The van der Waals surface area contributed by atoms with Gasteiger partial charge in [-0.15, -0.1) is 11.6 Å². The zero-order valence-corrected chi connectivity index (χ0v) is 13.3. The fourth-order valence-corrected chi connectivity index (χ4v) is 6.40. The molecule has 3 rings (SSSR count). The summed E-state index contributed by atoms with van der Waals surface area (Å²) in [6.07, 6.45) is 1.65. The number of hydrogen-bond donors (Lipinski definition) is 2. The van der Waals surface area contributed by atoms with Crippen LogP contribution in [0, 0.1) is 11.8 Å². The van der Waals surface area contributed by atoms with E-state index in [9.17, 15) is 18.3 Å². The number of fused-ring (bicyclic) bond motifs is 1. The van der Waals surface area contributed by atoms with Crippen LogP contribution >= 0.6 is 11.6 Å². The number of aliphatic hydroxyl groups is 1. The van der Waals surface area contributed by atoms with Crippen LogP contribution < -0.4 is 5.32 Å². The van der Waals surface area contributed by atoms with Crippen molar-refractivity contribution in [2.45, 2.75) is 30.4 Å². The fraction of sp³-hybridized carbons (Fsp3) is 0.923. The zero-order valence-electron chi connectivity index (χ0n) is 11.7. The smallest absolute Gasteiger partial charge is 0.234 e. The van der Waals surface area contributed by atoms with Crippen molar-refractivity contribution in [1.82, 2.24) is 10.2 Å². The number of amides is 1. The van der Waals surface area contributed by atoms with E-state index in [2.05, 4.69) is 5.32 Å². The molecule has 0 aromatic heterocycles. The van der Waals surface area contributed by atoms with Gasteiger partial charge in [0, 0.05) is 19.0 Å². The van der Waals surface area contributed by atoms with E-state index in [1.165, 1.54) is 0 Å². The molecule has 1 saturated carbocycles. The molecule has 8 heteroatoms. The summed E-state index contributed by atoms with van der Waals surface area (Å²) in [5, 5.41) is 12.1. The molecule has 0 bridgehead atoms. The predicted molar refractivity (Wildman–Crippen MR) is 78.9 cm³/mol. The minimum atomic E-state index is -3.13. The van der Waals surface area contributed by atoms with E-state index in [-0.39, 0.29) is 36.0 Å². The van der Waals surface area contributed by atoms with Gasteiger partial charge in [-0.25, -0.2) is 8.42 Å². The summed E-state index contributed by atoms with van der Waals surface area (Å²) >= 11 is 5.98. The molecule has 0 aromatic rings. The Morgan fingerprint density at radius 1 is 1.29 bits per heavy atom. The lowest BCUT2D eigenvalue weighted by atomic mass is 10.00. The van der Waals surface area contributed by atoms with Crippen molar-refractivity contribution in [2.24, 2.45) is 11.8 Å². The Morgan fingerprint density at radius 2 is 2.05 bits per heavy atom. The molecule has 0 radical (unpaired) electrons. The summed E-state index contributed by atoms with van der Waals surface area (Å²) < 4.78 is 22.9. The third-order valence-electron chi connectivity index (χ3n) is 4.89. The molecule has 0 spiro atoms. The van der Waals surface area contributed by atoms with Crippen molar-refractivity contribution >= 4 is 27.3 Å². The van der Waals surface area contributed by atoms with Gasteiger partial charge in [-0.2, -0.15) is 0 Å². The van der Waals surface area contributed by atoms with Crippen molar-refractivity contribution < 1.29 is 18.3 Å². The summed E-state index contributed by atoms with van der Waals surface area (Å²) in [6.45, 7) is 1.83. The average molecular weight is 337 g/mol. The van der Waals surface area contributed by atoms with Gasteiger partial charge in [0.2, 0.25) is 5.91 Å². The van der Waals surface area contributed by atoms with E-state index in [0.717, 1.165) is 25.9 Å². The number of carbonyl (C=O) groups excluding carboxylic acids is 1. The molecular formula is C13H21ClN2O4S. The first-order valence-electron chi connectivity index (χ1n) is 7.38. The van der Waals surface area contributed by atoms with E-state index >= 15 is 0 Å². The highest BCUT2D eigenvalue weighted by Crippen LogP contribution is 2.37. The van der Waals surface area contributed by atoms with Crippen molar-refractivity contribution in [3.63, 3.8) is 0 Å². The van der Waals surface area contributed by atoms with Gasteiger partial charge < -0.3 is 10.4 Å². The normalized spacial score (nSPS) is 42.1. The Bertz CT molecular complexity index is 526. The third-order valence-corrected chi connectivity index (χ3v) is 7.27. The number of aliphatic hydroxyl groups excluding tert-OH is 1. The Kier molecular flexibility index (Phi) is 4.20. The van der Waals surface area contributed by atoms with Crippen molar-refractivity contribution in [2.75, 3.05) is 31.1 Å². The topological polar surface area (TPSA) is 86.7 Å². The Balaban J connectivity index is 1.49. The van der Waals surface area contributed by atoms with Gasteiger partial charge in [-0.05, 0) is 18.8 Å². The van der Waals surface area contributed by atoms with E-state index in [1.54, 1.807) is 0 Å². The van der Waals surface area contributed by atoms with E-state index in [1.807, 2.05) is 4.90 Å². The number of carbonyl (C=O) groups is 1. The molecule has 1 aliphatic carbocycles. The summed E-state index contributed by atoms with van der Waals surface area (Å²) in [5.74, 6) is 0.444. The van der Waals surface area contributed by atoms with Crippen LogP contribution in [-0.2, 0) is 14.6 Å². The molecule has 2 N–H and O–H groups in total. The third kappa shape index (κ3) is 3.36. The number of sulfone groups is 1. The lowest BCUT2D eigenvalue weighted by molar-refractivity contribution is -0.122. The Labute approximate surface area is 129 Å². The Hall–Kier alpha value is -0.370. The molecule has 3 aliphatic rings. The van der Waals surface area contributed by atoms with Gasteiger partial charge in [0.25, 0.3) is 0 Å². The molecule has 5 atom stereocenters. The van der Waals surface area contributed by atoms with Crippen LogP contribution in [-0.4, -0.2) is 73.0 Å². The molecule has 5 unspecified atom stereocenters. The summed E-state index contributed by atoms with van der Waals surface area (Å²) in [7, 11) is -3.13. The number of alkyl halides is 1. The van der Waals surface area contributed by atoms with Crippen LogP contribution in [0.4, 0.5) is 0 Å². The maximum atomic E-state index is 12.0. The molecule has 2 aliphatic heterocycles. The number of hydrogen-bond acceptors (Lipinski definition) is 5. The second-order valence-electron chi connectivity index (χ2n) is 6.53. The van der Waals surface area contributed by atoms with Gasteiger partial charge in [-0.3, -0.25) is 9.69 Å². The van der Waals surface area contributed by atoms with Crippen LogP contribution in [0.5, 0.6) is 0 Å². The lowest BCUT2D eigenvalue weighted by Gasteiger charge is -2.20. The van der Waals surface area contributed by atoms with Gasteiger partial charge in [-0.1, -0.05) is 0 Å². The maximum absolute atomic E-state index is 12.0. The molecule has 0 aromatic carbocycles. The summed E-state index contributed by atoms with van der Waals surface area (Å²) in [6, 6.07) is -0.489. The maximum Gasteiger partial charge on any atom is 0.234 e. The first-order valence-corrected chi connectivity index (χ1v) is 9.64. The van der Waals surface area contributed by atoms with Crippen LogP contribution in [0.1, 0.15) is 12.8 Å². The first kappa shape index (κ1) is 15.5. The summed E-state index contributed by atoms with van der Waals surface area (Å²) in [4.78, 5) is 14.1. The highest BCUT2D eigenvalue weighted by Gasteiger charge is 2.42. The SMILES string of the molecule is O=C(CN1CC2CCC(O)C2C1)NC1CS(=O)(=O)CC1Cl. The van der Waals surface area contributed by atoms with Crippen molar-refractivity contribution in [3.05, 3.63) is 0 Å². The molecule has 2 saturated heterocycles. The number of nitrogens with zero attached hydrogens (tertiary/aromatic N) is 1. The highest BCUT2D eigenvalue weighted by molar-refractivity contribution is 7.91. The largest absolute Gasteiger partial charge is 0.393 e. The lowest BCUT2D eigenvalue weighted by Crippen LogP contribution is -2.45. The number of nitrogens with one attached hydrogen (secondary N) is 1. The molecule has 6 nitrogen and oxygen atoms in total. The summed E-state index contributed by atoms with van der Waals surface area (Å²) in [5.41, 5.74) is 0. The predicted octanol–water partition coefficient (Wildman–Crippen LogP) is -0.790. The van der Waals surface area contributed by atoms with E-state index < -0.39 is 21.3 Å². The highest BCUT2D eigenvalue weighted by atomic mass is 35.5. The van der Waals surface area contributed by atoms with Crippen LogP contribution in [0.25, 0.3) is 0 Å². The molecule has 21 heavy (non-hydrogen) atoms. The van der Waals surface area contributed by atoms with Gasteiger partial charge in [0.15, 0.2) is 9.84 Å². The second kappa shape index (κ2) is 5.68. The molecule has 1 amide bonds. The monoisotopic (exact) mass is 336 g/mol. The molecule has 3 fully saturated rings. The average Bonchev–Trinajstić information content (AvgIpc) is 2.96. The van der Waals surface area contributed by atoms with Gasteiger partial charge in [0.1, 0.15) is 0 Å².